The van der Waals surface area contributed by atoms with Crippen molar-refractivity contribution in [3.05, 3.63) is 203 Å². The summed E-state index contributed by atoms with van der Waals surface area (Å²) in [4.78, 5) is 0. The van der Waals surface area contributed by atoms with Gasteiger partial charge in [0, 0.05) is 44.0 Å². The molecule has 2 aliphatic rings. The molecule has 0 atom stereocenters. The molecular weight excluding hydrogens is 914 g/mol. The highest BCUT2D eigenvalue weighted by Gasteiger charge is 2.43. The molecule has 9 aromatic carbocycles. The second kappa shape index (κ2) is 18.2. The zero-order chi connectivity index (χ0) is 52.6. The average molecular weight is 985 g/mol. The van der Waals surface area contributed by atoms with Gasteiger partial charge >= 0.3 is 0 Å². The quantitative estimate of drug-likeness (QED) is 0.121. The smallest absolute Gasteiger partial charge is 0.247 e. The molecule has 0 spiro atoms. The molecule has 4 heteroatoms. The molecule has 0 amide bonds. The maximum absolute atomic E-state index is 2.71. The van der Waals surface area contributed by atoms with Crippen LogP contribution in [0.5, 0.6) is 0 Å². The van der Waals surface area contributed by atoms with Gasteiger partial charge in [0.15, 0.2) is 0 Å². The summed E-state index contributed by atoms with van der Waals surface area (Å²) in [7, 11) is 0. The molecule has 0 aliphatic carbocycles. The van der Waals surface area contributed by atoms with Gasteiger partial charge in [0.25, 0.3) is 0 Å². The van der Waals surface area contributed by atoms with Crippen LogP contribution in [0.1, 0.15) is 152 Å². The number of fused-ring (bicyclic) bond motifs is 10. The van der Waals surface area contributed by atoms with E-state index in [1.165, 1.54) is 143 Å². The Labute approximate surface area is 452 Å². The normalized spacial score (nSPS) is 13.1. The fraction of sp³-hybridized carbons (Fsp3) is 0.250. The summed E-state index contributed by atoms with van der Waals surface area (Å²) in [5.41, 5.74) is 29.9. The Morgan fingerprint density at radius 1 is 0.289 bits per heavy atom. The zero-order valence-electron chi connectivity index (χ0n) is 46.7. The fourth-order valence-corrected chi connectivity index (χ4v) is 13.9. The van der Waals surface area contributed by atoms with Gasteiger partial charge < -0.3 is 9.13 Å². The summed E-state index contributed by atoms with van der Waals surface area (Å²) < 4.78 is 5.38. The van der Waals surface area contributed by atoms with Gasteiger partial charge in [-0.25, -0.2) is 0 Å². The van der Waals surface area contributed by atoms with Gasteiger partial charge in [-0.3, -0.25) is 0 Å². The van der Waals surface area contributed by atoms with Crippen LogP contribution < -0.4 is 32.8 Å². The van der Waals surface area contributed by atoms with Crippen LogP contribution in [0.2, 0.25) is 0 Å². The third-order valence-electron chi connectivity index (χ3n) is 17.7. The van der Waals surface area contributed by atoms with E-state index in [-0.39, 0.29) is 13.4 Å². The van der Waals surface area contributed by atoms with Gasteiger partial charge in [-0.2, -0.15) is 0 Å². The Morgan fingerprint density at radius 3 is 1.24 bits per heavy atom. The second-order valence-electron chi connectivity index (χ2n) is 24.3. The summed E-state index contributed by atoms with van der Waals surface area (Å²) >= 11 is 0. The Bertz CT molecular complexity index is 4070. The molecule has 2 aromatic heterocycles. The lowest BCUT2D eigenvalue weighted by atomic mass is 9.31. The highest BCUT2D eigenvalue weighted by atomic mass is 15.0. The molecule has 4 heterocycles. The Hall–Kier alpha value is -7.29. The first-order valence-electron chi connectivity index (χ1n) is 28.5. The molecular formula is C72H70B2N2. The molecule has 0 radical (unpaired) electrons. The molecule has 0 bridgehead atoms. The molecule has 0 unspecified atom stereocenters. The first-order valence-corrected chi connectivity index (χ1v) is 28.5. The number of nitrogens with zero attached hydrogens (tertiary/aromatic N) is 2. The maximum Gasteiger partial charge on any atom is 0.247 e. The first kappa shape index (κ1) is 48.4. The predicted molar refractivity (Wildman–Crippen MR) is 333 cm³/mol. The Morgan fingerprint density at radius 2 is 0.724 bits per heavy atom. The lowest BCUT2D eigenvalue weighted by molar-refractivity contribution is 0.812. The SMILES string of the molecule is CC(C)c1cc(C(C)C)c(B2c3cc4c(cc3-n3c5ccccc5c5cccc2c53)B(c2c(C(C)C)cc(C(C)C)cc2C(C)C)c2cc(-c3ccccc3)cc3c5cc(-c6ccccc6)ccc5n-4c23)c(C(C)C)c1. The van der Waals surface area contributed by atoms with Crippen molar-refractivity contribution < 1.29 is 0 Å². The van der Waals surface area contributed by atoms with Crippen molar-refractivity contribution in [2.24, 2.45) is 0 Å². The third kappa shape index (κ3) is 7.29. The number of rotatable bonds is 10. The van der Waals surface area contributed by atoms with Gasteiger partial charge in [-0.1, -0.05) is 227 Å². The van der Waals surface area contributed by atoms with E-state index < -0.39 is 0 Å². The molecule has 76 heavy (non-hydrogen) atoms. The van der Waals surface area contributed by atoms with Gasteiger partial charge in [-0.15, -0.1) is 0 Å². The second-order valence-corrected chi connectivity index (χ2v) is 24.3. The Balaban J connectivity index is 1.25. The minimum absolute atomic E-state index is 0.00176. The highest BCUT2D eigenvalue weighted by molar-refractivity contribution is 7.00. The molecule has 0 saturated heterocycles. The lowest BCUT2D eigenvalue weighted by Gasteiger charge is -2.36. The van der Waals surface area contributed by atoms with E-state index in [0.717, 1.165) is 0 Å². The van der Waals surface area contributed by atoms with E-state index in [1.807, 2.05) is 0 Å². The average Bonchev–Trinajstić information content (AvgIpc) is 4.07. The van der Waals surface area contributed by atoms with Crippen LogP contribution in [-0.2, 0) is 0 Å². The molecule has 13 rings (SSSR count). The van der Waals surface area contributed by atoms with Crippen molar-refractivity contribution in [3.63, 3.8) is 0 Å². The van der Waals surface area contributed by atoms with Crippen LogP contribution in [0.3, 0.4) is 0 Å². The van der Waals surface area contributed by atoms with Crippen LogP contribution in [-0.4, -0.2) is 22.6 Å². The molecule has 0 fully saturated rings. The molecule has 374 valence electrons. The number of hydrogen-bond donors (Lipinski definition) is 0. The molecule has 0 saturated carbocycles. The standard InChI is InChI=1S/C72H70B2N2/c1-41(2)50-33-55(43(5)6)69(56(34-50)44(7)8)73-61-28-21-27-54-53-26-19-20-29-65(53)75(71(54)61)67-40-63-68(39-62(67)73)76-66-31-30-49(47-22-15-13-16-23-47)32-59(66)60-37-52(48-24-17-14-18-25-48)38-64(72(60)76)74(63)70-57(45(9)10)35-51(42(3)4)36-58(70)46(11)12/h13-46H,1-12H3. The molecule has 2 nitrogen and oxygen atoms in total. The van der Waals surface area contributed by atoms with Gasteiger partial charge in [-0.05, 0) is 149 Å². The van der Waals surface area contributed by atoms with E-state index >= 15 is 0 Å². The van der Waals surface area contributed by atoms with E-state index in [2.05, 4.69) is 262 Å². The zero-order valence-corrected chi connectivity index (χ0v) is 46.7. The van der Waals surface area contributed by atoms with E-state index in [4.69, 9.17) is 0 Å². The summed E-state index contributed by atoms with van der Waals surface area (Å²) in [6.07, 6.45) is 0. The van der Waals surface area contributed by atoms with Crippen LogP contribution in [0.15, 0.2) is 170 Å². The Kier molecular flexibility index (Phi) is 11.6. The van der Waals surface area contributed by atoms with E-state index in [0.29, 0.717) is 35.5 Å². The van der Waals surface area contributed by atoms with Crippen LogP contribution in [0.25, 0.3) is 77.2 Å². The predicted octanol–water partition coefficient (Wildman–Crippen LogP) is 15.6. The van der Waals surface area contributed by atoms with Crippen molar-refractivity contribution in [1.29, 1.82) is 0 Å². The molecule has 2 aliphatic heterocycles. The van der Waals surface area contributed by atoms with Crippen molar-refractivity contribution >= 4 is 89.8 Å². The minimum Gasteiger partial charge on any atom is -0.310 e. The van der Waals surface area contributed by atoms with Crippen molar-refractivity contribution in [1.82, 2.24) is 9.13 Å². The van der Waals surface area contributed by atoms with Gasteiger partial charge in [0.2, 0.25) is 13.4 Å². The highest BCUT2D eigenvalue weighted by Crippen LogP contribution is 2.41. The summed E-state index contributed by atoms with van der Waals surface area (Å²) in [6, 6.07) is 66.5. The summed E-state index contributed by atoms with van der Waals surface area (Å²) in [5, 5.41) is 5.23. The lowest BCUT2D eigenvalue weighted by Crippen LogP contribution is -2.61. The third-order valence-corrected chi connectivity index (χ3v) is 17.7. The molecule has 0 N–H and O–H groups in total. The van der Waals surface area contributed by atoms with Crippen molar-refractivity contribution in [2.45, 2.75) is 119 Å². The van der Waals surface area contributed by atoms with Crippen molar-refractivity contribution in [3.8, 4) is 33.6 Å². The van der Waals surface area contributed by atoms with E-state index in [9.17, 15) is 0 Å². The van der Waals surface area contributed by atoms with Crippen molar-refractivity contribution in [2.75, 3.05) is 0 Å². The summed E-state index contributed by atoms with van der Waals surface area (Å²) in [6.45, 7) is 28.8. The largest absolute Gasteiger partial charge is 0.310 e. The number of aromatic nitrogens is 2. The van der Waals surface area contributed by atoms with Crippen LogP contribution in [0, 0.1) is 0 Å². The summed E-state index contributed by atoms with van der Waals surface area (Å²) in [5.74, 6) is 2.11. The fourth-order valence-electron chi connectivity index (χ4n) is 13.9. The topological polar surface area (TPSA) is 9.86 Å². The number of hydrogen-bond acceptors (Lipinski definition) is 0. The minimum atomic E-state index is -0.0522. The maximum atomic E-state index is 2.71. The van der Waals surface area contributed by atoms with Gasteiger partial charge in [0.1, 0.15) is 0 Å². The van der Waals surface area contributed by atoms with Gasteiger partial charge in [0.05, 0.1) is 11.0 Å². The molecule has 11 aromatic rings. The monoisotopic (exact) mass is 985 g/mol. The first-order chi connectivity index (χ1) is 36.7. The number of para-hydroxylation sites is 2. The van der Waals surface area contributed by atoms with Crippen LogP contribution >= 0.6 is 0 Å². The number of benzene rings is 9. The van der Waals surface area contributed by atoms with Crippen LogP contribution in [0.4, 0.5) is 0 Å². The van der Waals surface area contributed by atoms with E-state index in [1.54, 1.807) is 0 Å².